The molecule has 0 spiro atoms. The van der Waals surface area contributed by atoms with Gasteiger partial charge in [0.2, 0.25) is 0 Å². The topological polar surface area (TPSA) is 33.5 Å². The summed E-state index contributed by atoms with van der Waals surface area (Å²) in [5.74, 6) is 2.42. The predicted octanol–water partition coefficient (Wildman–Crippen LogP) is 15.2. The van der Waals surface area contributed by atoms with Gasteiger partial charge in [0.05, 0.1) is 22.4 Å². The molecule has 9 aromatic rings. The average Bonchev–Trinajstić information content (AvgIpc) is 3.85. The monoisotopic (exact) mass is 822 g/mol. The summed E-state index contributed by atoms with van der Waals surface area (Å²) in [4.78, 5) is 9.81. The highest BCUT2D eigenvalue weighted by Crippen LogP contribution is 2.46. The first-order chi connectivity index (χ1) is 30.4. The van der Waals surface area contributed by atoms with Crippen molar-refractivity contribution in [2.45, 2.75) is 64.7 Å². The molecule has 3 heterocycles. The number of hydrogen-bond donors (Lipinski definition) is 0. The lowest BCUT2D eigenvalue weighted by molar-refractivity contribution is 0.483. The molecule has 0 aliphatic carbocycles. The molecular weight excluding hydrogens is 769 g/mol. The van der Waals surface area contributed by atoms with Gasteiger partial charge in [-0.05, 0) is 106 Å². The van der Waals surface area contributed by atoms with Gasteiger partial charge in [-0.25, -0.2) is 4.98 Å². The molecule has 0 saturated carbocycles. The van der Waals surface area contributed by atoms with E-state index in [-0.39, 0.29) is 16.2 Å². The van der Waals surface area contributed by atoms with Crippen LogP contribution in [0.1, 0.15) is 76.3 Å². The number of aromatic nitrogens is 2. The molecule has 0 bridgehead atoms. The first-order valence-corrected chi connectivity index (χ1v) is 22.1. The van der Waals surface area contributed by atoms with Crippen molar-refractivity contribution in [2.24, 2.45) is 0 Å². The molecule has 0 atom stereocenters. The molecular formula is C58H54N4O. The summed E-state index contributed by atoms with van der Waals surface area (Å²) in [7, 11) is 0. The molecule has 7 aromatic carbocycles. The summed E-state index contributed by atoms with van der Waals surface area (Å²) in [5.41, 5.74) is 12.7. The van der Waals surface area contributed by atoms with Gasteiger partial charge >= 0.3 is 0 Å². The van der Waals surface area contributed by atoms with Crippen LogP contribution in [0.4, 0.5) is 22.7 Å². The third-order valence-corrected chi connectivity index (χ3v) is 13.3. The molecule has 0 unspecified atom stereocenters. The van der Waals surface area contributed by atoms with Gasteiger partial charge < -0.3 is 14.5 Å². The second-order valence-electron chi connectivity index (χ2n) is 19.0. The zero-order valence-electron chi connectivity index (χ0n) is 37.3. The molecule has 1 aliphatic rings. The number of nitrogens with zero attached hydrogens (tertiary/aromatic N) is 4. The van der Waals surface area contributed by atoms with Crippen LogP contribution in [0, 0.1) is 0 Å². The van der Waals surface area contributed by atoms with Crippen LogP contribution >= 0.6 is 0 Å². The Kier molecular flexibility index (Phi) is 9.75. The van der Waals surface area contributed by atoms with Crippen LogP contribution in [-0.2, 0) is 16.2 Å². The molecule has 10 rings (SSSR count). The second-order valence-corrected chi connectivity index (χ2v) is 19.0. The predicted molar refractivity (Wildman–Crippen MR) is 263 cm³/mol. The SMILES string of the molecule is CC(C)(C)c1ccc2c(c1)c1ccc(Oc3cccc(N4CN(c5cccc(C(C)(C)c6ccccc6)c5)c5ccccc54)c3)cc1n2-c1cc(C(C)(C)c2ccccc2)ccn1. The molecule has 0 fully saturated rings. The van der Waals surface area contributed by atoms with E-state index in [1.807, 2.05) is 12.3 Å². The van der Waals surface area contributed by atoms with E-state index in [9.17, 15) is 0 Å². The van der Waals surface area contributed by atoms with Crippen LogP contribution in [0.25, 0.3) is 27.6 Å². The van der Waals surface area contributed by atoms with Crippen molar-refractivity contribution in [1.82, 2.24) is 9.55 Å². The number of rotatable bonds is 9. The fraction of sp³-hybridized carbons (Fsp3) is 0.190. The van der Waals surface area contributed by atoms with Crippen molar-refractivity contribution in [2.75, 3.05) is 16.5 Å². The molecule has 63 heavy (non-hydrogen) atoms. The highest BCUT2D eigenvalue weighted by molar-refractivity contribution is 6.10. The maximum atomic E-state index is 6.81. The number of para-hydroxylation sites is 2. The highest BCUT2D eigenvalue weighted by atomic mass is 16.5. The van der Waals surface area contributed by atoms with Crippen molar-refractivity contribution in [3.63, 3.8) is 0 Å². The minimum absolute atomic E-state index is 0.00473. The molecule has 1 aliphatic heterocycles. The van der Waals surface area contributed by atoms with E-state index in [0.29, 0.717) is 6.67 Å². The van der Waals surface area contributed by atoms with Crippen LogP contribution < -0.4 is 14.5 Å². The van der Waals surface area contributed by atoms with Crippen LogP contribution in [0.5, 0.6) is 11.5 Å². The van der Waals surface area contributed by atoms with Gasteiger partial charge in [0.1, 0.15) is 24.0 Å². The van der Waals surface area contributed by atoms with Gasteiger partial charge in [-0.1, -0.05) is 146 Å². The van der Waals surface area contributed by atoms with Gasteiger partial charge in [-0.15, -0.1) is 0 Å². The molecule has 0 N–H and O–H groups in total. The highest BCUT2D eigenvalue weighted by Gasteiger charge is 2.30. The Morgan fingerprint density at radius 3 is 1.65 bits per heavy atom. The zero-order chi connectivity index (χ0) is 43.5. The van der Waals surface area contributed by atoms with E-state index in [2.05, 4.69) is 239 Å². The zero-order valence-corrected chi connectivity index (χ0v) is 37.3. The standard InChI is InChI=1S/C58H54N4O/c1-56(2,3)42-28-31-51-50(35-42)49-30-29-48(38-54(49)62(51)55-36-44(32-33-59-55)58(6,7)41-20-12-9-13-21-41)63-47-25-17-24-46(37-47)61-39-60(52-26-14-15-27-53(52)61)45-23-16-22-43(34-45)57(4,5)40-18-10-8-11-19-40/h8-38H,39H2,1-7H3. The molecule has 0 saturated heterocycles. The summed E-state index contributed by atoms with van der Waals surface area (Å²) in [6.45, 7) is 16.7. The van der Waals surface area contributed by atoms with Crippen molar-refractivity contribution >= 4 is 44.6 Å². The molecule has 0 radical (unpaired) electrons. The molecule has 5 nitrogen and oxygen atoms in total. The van der Waals surface area contributed by atoms with Gasteiger partial charge in [-0.2, -0.15) is 0 Å². The number of benzene rings is 7. The molecule has 0 amide bonds. The van der Waals surface area contributed by atoms with Crippen molar-refractivity contribution in [3.05, 3.63) is 216 Å². The minimum atomic E-state index is -0.216. The Balaban J connectivity index is 1.00. The Hall–Kier alpha value is -7.11. The Morgan fingerprint density at radius 1 is 0.429 bits per heavy atom. The van der Waals surface area contributed by atoms with E-state index in [0.717, 1.165) is 45.1 Å². The maximum absolute atomic E-state index is 6.81. The summed E-state index contributed by atoms with van der Waals surface area (Å²) in [6, 6.07) is 65.4. The summed E-state index contributed by atoms with van der Waals surface area (Å²) < 4.78 is 9.11. The molecule has 2 aromatic heterocycles. The number of pyridine rings is 1. The van der Waals surface area contributed by atoms with E-state index in [1.165, 1.54) is 44.6 Å². The lowest BCUT2D eigenvalue weighted by Crippen LogP contribution is -2.25. The smallest absolute Gasteiger partial charge is 0.137 e. The lowest BCUT2D eigenvalue weighted by Gasteiger charge is -2.28. The van der Waals surface area contributed by atoms with Crippen molar-refractivity contribution in [1.29, 1.82) is 0 Å². The van der Waals surface area contributed by atoms with Crippen molar-refractivity contribution < 1.29 is 4.74 Å². The van der Waals surface area contributed by atoms with Crippen LogP contribution in [-0.4, -0.2) is 16.2 Å². The molecule has 5 heteroatoms. The maximum Gasteiger partial charge on any atom is 0.137 e. The van der Waals surface area contributed by atoms with E-state index < -0.39 is 0 Å². The van der Waals surface area contributed by atoms with E-state index >= 15 is 0 Å². The number of ether oxygens (including phenoxy) is 1. The van der Waals surface area contributed by atoms with E-state index in [4.69, 9.17) is 9.72 Å². The summed E-state index contributed by atoms with van der Waals surface area (Å²) in [6.07, 6.45) is 1.95. The quantitative estimate of drug-likeness (QED) is 0.145. The van der Waals surface area contributed by atoms with Crippen LogP contribution in [0.15, 0.2) is 188 Å². The van der Waals surface area contributed by atoms with Gasteiger partial charge in [0.25, 0.3) is 0 Å². The largest absolute Gasteiger partial charge is 0.457 e. The second kappa shape index (κ2) is 15.4. The Morgan fingerprint density at radius 2 is 1.00 bits per heavy atom. The van der Waals surface area contributed by atoms with E-state index in [1.54, 1.807) is 0 Å². The number of hydrogen-bond acceptors (Lipinski definition) is 4. The number of anilines is 4. The third kappa shape index (κ3) is 7.21. The van der Waals surface area contributed by atoms with Gasteiger partial charge in [-0.3, -0.25) is 4.57 Å². The first kappa shape index (κ1) is 40.0. The summed E-state index contributed by atoms with van der Waals surface area (Å²) >= 11 is 0. The minimum Gasteiger partial charge on any atom is -0.457 e. The normalized spacial score (nSPS) is 13.2. The van der Waals surface area contributed by atoms with Gasteiger partial charge in [0, 0.05) is 51.3 Å². The Labute approximate surface area is 371 Å². The average molecular weight is 823 g/mol. The fourth-order valence-electron chi connectivity index (χ4n) is 9.32. The summed E-state index contributed by atoms with van der Waals surface area (Å²) in [5, 5.41) is 2.36. The third-order valence-electron chi connectivity index (χ3n) is 13.3. The van der Waals surface area contributed by atoms with Crippen molar-refractivity contribution in [3.8, 4) is 17.3 Å². The van der Waals surface area contributed by atoms with Gasteiger partial charge in [0.15, 0.2) is 0 Å². The molecule has 312 valence electrons. The first-order valence-electron chi connectivity index (χ1n) is 22.1. The van der Waals surface area contributed by atoms with Crippen LogP contribution in [0.2, 0.25) is 0 Å². The van der Waals surface area contributed by atoms with Crippen LogP contribution in [0.3, 0.4) is 0 Å². The lowest BCUT2D eigenvalue weighted by atomic mass is 9.78. The Bertz CT molecular complexity index is 3120. The number of fused-ring (bicyclic) bond motifs is 4. The fourth-order valence-corrected chi connectivity index (χ4v) is 9.32.